The average molecular weight is 239 g/mol. The molecule has 1 aromatic rings. The van der Waals surface area contributed by atoms with Crippen LogP contribution in [0.3, 0.4) is 0 Å². The number of ether oxygens (including phenoxy) is 1. The van der Waals surface area contributed by atoms with Gasteiger partial charge in [0.15, 0.2) is 0 Å². The van der Waals surface area contributed by atoms with Crippen LogP contribution in [0.5, 0.6) is 0 Å². The number of hydrogen-bond donors (Lipinski definition) is 0. The van der Waals surface area contributed by atoms with Crippen molar-refractivity contribution >= 4 is 17.9 Å². The van der Waals surface area contributed by atoms with E-state index in [0.717, 1.165) is 42.9 Å². The Kier molecular flexibility index (Phi) is 3.97. The zero-order chi connectivity index (χ0) is 11.4. The van der Waals surface area contributed by atoms with Gasteiger partial charge in [0.25, 0.3) is 0 Å². The normalized spacial score (nSPS) is 19.9. The first-order valence-corrected chi connectivity index (χ1v) is 5.99. The molecule has 1 aliphatic heterocycles. The first kappa shape index (κ1) is 11.6. The molecule has 3 heteroatoms. The van der Waals surface area contributed by atoms with Crippen molar-refractivity contribution in [3.63, 3.8) is 0 Å². The maximum absolute atomic E-state index is 10.3. The summed E-state index contributed by atoms with van der Waals surface area (Å²) in [6, 6.07) is 6.10. The van der Waals surface area contributed by atoms with Crippen LogP contribution in [0.25, 0.3) is 0 Å². The number of rotatable bonds is 4. The van der Waals surface area contributed by atoms with E-state index >= 15 is 0 Å². The molecule has 0 spiro atoms. The highest BCUT2D eigenvalue weighted by Gasteiger charge is 2.19. The summed E-state index contributed by atoms with van der Waals surface area (Å²) in [6.07, 6.45) is 3.31. The summed E-state index contributed by atoms with van der Waals surface area (Å²) < 4.78 is 5.36. The van der Waals surface area contributed by atoms with E-state index in [4.69, 9.17) is 16.3 Å². The van der Waals surface area contributed by atoms with E-state index in [1.807, 2.05) is 6.07 Å². The van der Waals surface area contributed by atoms with Gasteiger partial charge in [-0.25, -0.2) is 0 Å². The molecule has 1 aliphatic rings. The molecule has 1 fully saturated rings. The maximum Gasteiger partial charge on any atom is 0.120 e. The van der Waals surface area contributed by atoms with Crippen molar-refractivity contribution in [2.24, 2.45) is 0 Å². The van der Waals surface area contributed by atoms with Crippen LogP contribution in [0.2, 0.25) is 5.02 Å². The Morgan fingerprint density at radius 1 is 1.50 bits per heavy atom. The molecular weight excluding hydrogens is 224 g/mol. The lowest BCUT2D eigenvalue weighted by Gasteiger charge is -2.11. The Labute approximate surface area is 101 Å². The zero-order valence-corrected chi connectivity index (χ0v) is 9.87. The molecule has 1 atom stereocenters. The number of aryl methyl sites for hydroxylation is 1. The molecule has 1 aromatic carbocycles. The van der Waals surface area contributed by atoms with Crippen LogP contribution in [0.15, 0.2) is 18.2 Å². The zero-order valence-electron chi connectivity index (χ0n) is 9.12. The fraction of sp³-hybridized carbons (Fsp3) is 0.462. The second-order valence-corrected chi connectivity index (χ2v) is 4.53. The maximum atomic E-state index is 10.3. The van der Waals surface area contributed by atoms with E-state index in [9.17, 15) is 4.79 Å². The SMILES string of the molecule is O=CCCc1ccc(C2CCOC2)c(Cl)c1. The average Bonchev–Trinajstić information content (AvgIpc) is 2.80. The molecule has 0 radical (unpaired) electrons. The van der Waals surface area contributed by atoms with Gasteiger partial charge < -0.3 is 9.53 Å². The third kappa shape index (κ3) is 2.63. The molecule has 86 valence electrons. The smallest absolute Gasteiger partial charge is 0.120 e. The van der Waals surface area contributed by atoms with Gasteiger partial charge in [0.05, 0.1) is 6.61 Å². The molecule has 2 rings (SSSR count). The van der Waals surface area contributed by atoms with Crippen molar-refractivity contribution in [1.82, 2.24) is 0 Å². The standard InChI is InChI=1S/C13H15ClO2/c14-13-8-10(2-1-6-15)3-4-12(13)11-5-7-16-9-11/h3-4,6,8,11H,1-2,5,7,9H2. The predicted molar refractivity (Wildman–Crippen MR) is 64.0 cm³/mol. The molecule has 1 unspecified atom stereocenters. The van der Waals surface area contributed by atoms with Crippen molar-refractivity contribution < 1.29 is 9.53 Å². The van der Waals surface area contributed by atoms with Gasteiger partial charge in [-0.15, -0.1) is 0 Å². The van der Waals surface area contributed by atoms with Gasteiger partial charge in [-0.05, 0) is 30.0 Å². The largest absolute Gasteiger partial charge is 0.381 e. The first-order valence-electron chi connectivity index (χ1n) is 5.61. The minimum absolute atomic E-state index is 0.438. The summed E-state index contributed by atoms with van der Waals surface area (Å²) in [5.74, 6) is 0.438. The van der Waals surface area contributed by atoms with Gasteiger partial charge in [-0.1, -0.05) is 23.7 Å². The van der Waals surface area contributed by atoms with Crippen LogP contribution in [0.4, 0.5) is 0 Å². The van der Waals surface area contributed by atoms with Crippen LogP contribution in [0, 0.1) is 0 Å². The van der Waals surface area contributed by atoms with E-state index in [1.165, 1.54) is 5.56 Å². The molecule has 0 aliphatic carbocycles. The summed E-state index contributed by atoms with van der Waals surface area (Å²) in [6.45, 7) is 1.60. The minimum atomic E-state index is 0.438. The molecule has 0 saturated carbocycles. The number of carbonyl (C=O) groups is 1. The Hall–Kier alpha value is -0.860. The highest BCUT2D eigenvalue weighted by atomic mass is 35.5. The van der Waals surface area contributed by atoms with E-state index in [1.54, 1.807) is 0 Å². The molecular formula is C13H15ClO2. The monoisotopic (exact) mass is 238 g/mol. The molecule has 0 aromatic heterocycles. The Bertz CT molecular complexity index is 370. The first-order chi connectivity index (χ1) is 7.81. The van der Waals surface area contributed by atoms with Gasteiger partial charge in [-0.2, -0.15) is 0 Å². The summed E-state index contributed by atoms with van der Waals surface area (Å²) in [4.78, 5) is 10.3. The van der Waals surface area contributed by atoms with Crippen molar-refractivity contribution in [1.29, 1.82) is 0 Å². The lowest BCUT2D eigenvalue weighted by Crippen LogP contribution is -1.99. The summed E-state index contributed by atoms with van der Waals surface area (Å²) >= 11 is 6.24. The summed E-state index contributed by atoms with van der Waals surface area (Å²) in [5, 5.41) is 0.805. The molecule has 0 N–H and O–H groups in total. The summed E-state index contributed by atoms with van der Waals surface area (Å²) in [5.41, 5.74) is 2.30. The van der Waals surface area contributed by atoms with Crippen molar-refractivity contribution in [3.8, 4) is 0 Å². The third-order valence-electron chi connectivity index (χ3n) is 2.99. The molecule has 1 heterocycles. The topological polar surface area (TPSA) is 26.3 Å². The lowest BCUT2D eigenvalue weighted by atomic mass is 9.96. The van der Waals surface area contributed by atoms with Crippen LogP contribution in [-0.4, -0.2) is 19.5 Å². The number of halogens is 1. The van der Waals surface area contributed by atoms with E-state index in [0.29, 0.717) is 12.3 Å². The fourth-order valence-corrected chi connectivity index (χ4v) is 2.42. The van der Waals surface area contributed by atoms with E-state index in [2.05, 4.69) is 12.1 Å². The Balaban J connectivity index is 2.12. The lowest BCUT2D eigenvalue weighted by molar-refractivity contribution is -0.107. The second kappa shape index (κ2) is 5.46. The van der Waals surface area contributed by atoms with Crippen molar-refractivity contribution in [3.05, 3.63) is 34.3 Å². The second-order valence-electron chi connectivity index (χ2n) is 4.12. The highest BCUT2D eigenvalue weighted by molar-refractivity contribution is 6.31. The molecule has 0 amide bonds. The van der Waals surface area contributed by atoms with Gasteiger partial charge in [0.2, 0.25) is 0 Å². The molecule has 0 bridgehead atoms. The van der Waals surface area contributed by atoms with Crippen LogP contribution < -0.4 is 0 Å². The van der Waals surface area contributed by atoms with Gasteiger partial charge in [0, 0.05) is 24.0 Å². The van der Waals surface area contributed by atoms with E-state index in [-0.39, 0.29) is 0 Å². The highest BCUT2D eigenvalue weighted by Crippen LogP contribution is 2.31. The van der Waals surface area contributed by atoms with Crippen molar-refractivity contribution in [2.75, 3.05) is 13.2 Å². The van der Waals surface area contributed by atoms with Crippen LogP contribution >= 0.6 is 11.6 Å². The minimum Gasteiger partial charge on any atom is -0.381 e. The third-order valence-corrected chi connectivity index (χ3v) is 3.31. The fourth-order valence-electron chi connectivity index (χ4n) is 2.06. The number of hydrogen-bond acceptors (Lipinski definition) is 2. The quantitative estimate of drug-likeness (QED) is 0.754. The Morgan fingerprint density at radius 2 is 2.38 bits per heavy atom. The molecule has 2 nitrogen and oxygen atoms in total. The Morgan fingerprint density at radius 3 is 3.00 bits per heavy atom. The van der Waals surface area contributed by atoms with E-state index < -0.39 is 0 Å². The van der Waals surface area contributed by atoms with Crippen LogP contribution in [0.1, 0.15) is 29.9 Å². The van der Waals surface area contributed by atoms with Gasteiger partial charge in [0.1, 0.15) is 6.29 Å². The number of aldehydes is 1. The van der Waals surface area contributed by atoms with Gasteiger partial charge >= 0.3 is 0 Å². The van der Waals surface area contributed by atoms with Crippen molar-refractivity contribution in [2.45, 2.75) is 25.2 Å². The summed E-state index contributed by atoms with van der Waals surface area (Å²) in [7, 11) is 0. The molecule has 1 saturated heterocycles. The predicted octanol–water partition coefficient (Wildman–Crippen LogP) is 2.98. The van der Waals surface area contributed by atoms with Gasteiger partial charge in [-0.3, -0.25) is 0 Å². The number of benzene rings is 1. The number of carbonyl (C=O) groups excluding carboxylic acids is 1. The van der Waals surface area contributed by atoms with Crippen LogP contribution in [-0.2, 0) is 16.0 Å². The molecule has 16 heavy (non-hydrogen) atoms.